The molecule has 1 aliphatic heterocycles. The summed E-state index contributed by atoms with van der Waals surface area (Å²) < 4.78 is 16.4. The second-order valence-electron chi connectivity index (χ2n) is 4.37. The first-order chi connectivity index (χ1) is 8.80. The maximum absolute atomic E-state index is 5.63. The average Bonchev–Trinajstić information content (AvgIpc) is 2.92. The van der Waals surface area contributed by atoms with Gasteiger partial charge in [-0.1, -0.05) is 0 Å². The van der Waals surface area contributed by atoms with E-state index in [4.69, 9.17) is 14.2 Å². The van der Waals surface area contributed by atoms with Crippen molar-refractivity contribution in [2.45, 2.75) is 19.3 Å². The van der Waals surface area contributed by atoms with Crippen LogP contribution in [0.2, 0.25) is 0 Å². The highest BCUT2D eigenvalue weighted by molar-refractivity contribution is 5.52. The van der Waals surface area contributed by atoms with Crippen molar-refractivity contribution >= 4 is 0 Å². The highest BCUT2D eigenvalue weighted by Crippen LogP contribution is 2.39. The Bertz CT molecular complexity index is 400. The predicted molar refractivity (Wildman–Crippen MR) is 70.9 cm³/mol. The van der Waals surface area contributed by atoms with Crippen molar-refractivity contribution in [3.05, 3.63) is 17.7 Å². The minimum atomic E-state index is 0.491. The summed E-state index contributed by atoms with van der Waals surface area (Å²) in [6, 6.07) is 3.97. The van der Waals surface area contributed by atoms with E-state index in [1.807, 2.05) is 13.0 Å². The van der Waals surface area contributed by atoms with Gasteiger partial charge in [0.2, 0.25) is 0 Å². The van der Waals surface area contributed by atoms with E-state index in [0.29, 0.717) is 12.5 Å². The zero-order chi connectivity index (χ0) is 13.0. The lowest BCUT2D eigenvalue weighted by atomic mass is 9.97. The normalized spacial score (nSPS) is 18.7. The number of methoxy groups -OCH3 is 2. The molecule has 4 nitrogen and oxygen atoms in total. The molecule has 1 aromatic rings. The van der Waals surface area contributed by atoms with Crippen LogP contribution >= 0.6 is 0 Å². The van der Waals surface area contributed by atoms with Crippen molar-refractivity contribution in [1.82, 2.24) is 5.32 Å². The SMILES string of the molecule is CCOc1cc(C2CCNC2)c(OC)cc1OC. The van der Waals surface area contributed by atoms with E-state index < -0.39 is 0 Å². The molecule has 1 N–H and O–H groups in total. The Labute approximate surface area is 108 Å². The third-order valence-electron chi connectivity index (χ3n) is 3.32. The van der Waals surface area contributed by atoms with Gasteiger partial charge in [0.1, 0.15) is 5.75 Å². The summed E-state index contributed by atoms with van der Waals surface area (Å²) >= 11 is 0. The maximum atomic E-state index is 5.63. The van der Waals surface area contributed by atoms with Crippen LogP contribution in [0.4, 0.5) is 0 Å². The molecule has 18 heavy (non-hydrogen) atoms. The summed E-state index contributed by atoms with van der Waals surface area (Å²) in [7, 11) is 3.34. The fourth-order valence-electron chi connectivity index (χ4n) is 2.40. The lowest BCUT2D eigenvalue weighted by Crippen LogP contribution is -2.09. The first-order valence-corrected chi connectivity index (χ1v) is 6.39. The smallest absolute Gasteiger partial charge is 0.164 e. The molecule has 1 saturated heterocycles. The van der Waals surface area contributed by atoms with Gasteiger partial charge in [0.15, 0.2) is 11.5 Å². The fourth-order valence-corrected chi connectivity index (χ4v) is 2.40. The van der Waals surface area contributed by atoms with Crippen molar-refractivity contribution in [3.8, 4) is 17.2 Å². The van der Waals surface area contributed by atoms with Crippen LogP contribution in [0.25, 0.3) is 0 Å². The Morgan fingerprint density at radius 2 is 1.94 bits per heavy atom. The largest absolute Gasteiger partial charge is 0.496 e. The van der Waals surface area contributed by atoms with Crippen molar-refractivity contribution < 1.29 is 14.2 Å². The lowest BCUT2D eigenvalue weighted by Gasteiger charge is -2.18. The number of hydrogen-bond donors (Lipinski definition) is 1. The fraction of sp³-hybridized carbons (Fsp3) is 0.571. The minimum Gasteiger partial charge on any atom is -0.496 e. The number of nitrogens with one attached hydrogen (secondary N) is 1. The molecule has 0 aliphatic carbocycles. The topological polar surface area (TPSA) is 39.7 Å². The Balaban J connectivity index is 2.39. The zero-order valence-corrected chi connectivity index (χ0v) is 11.3. The molecule has 2 rings (SSSR count). The van der Waals surface area contributed by atoms with Crippen LogP contribution in [-0.2, 0) is 0 Å². The Hall–Kier alpha value is -1.42. The second-order valence-corrected chi connectivity index (χ2v) is 4.37. The van der Waals surface area contributed by atoms with E-state index in [9.17, 15) is 0 Å². The van der Waals surface area contributed by atoms with E-state index >= 15 is 0 Å². The predicted octanol–water partition coefficient (Wildman–Crippen LogP) is 2.18. The first-order valence-electron chi connectivity index (χ1n) is 6.39. The van der Waals surface area contributed by atoms with E-state index in [2.05, 4.69) is 11.4 Å². The van der Waals surface area contributed by atoms with Gasteiger partial charge in [-0.3, -0.25) is 0 Å². The molecule has 1 fully saturated rings. The van der Waals surface area contributed by atoms with Crippen LogP contribution in [0.3, 0.4) is 0 Å². The second kappa shape index (κ2) is 5.96. The van der Waals surface area contributed by atoms with Gasteiger partial charge in [0, 0.05) is 24.1 Å². The molecule has 4 heteroatoms. The van der Waals surface area contributed by atoms with Crippen molar-refractivity contribution in [1.29, 1.82) is 0 Å². The Morgan fingerprint density at radius 3 is 2.50 bits per heavy atom. The molecule has 1 atom stereocenters. The van der Waals surface area contributed by atoms with Gasteiger partial charge in [0.05, 0.1) is 20.8 Å². The molecule has 0 spiro atoms. The van der Waals surface area contributed by atoms with Gasteiger partial charge in [-0.25, -0.2) is 0 Å². The number of rotatable bonds is 5. The lowest BCUT2D eigenvalue weighted by molar-refractivity contribution is 0.307. The first kappa shape index (κ1) is 13.0. The molecule has 1 aromatic carbocycles. The Morgan fingerprint density at radius 1 is 1.17 bits per heavy atom. The van der Waals surface area contributed by atoms with Crippen LogP contribution in [-0.4, -0.2) is 33.9 Å². The summed E-state index contributed by atoms with van der Waals surface area (Å²) in [6.07, 6.45) is 1.13. The Kier molecular flexibility index (Phi) is 4.31. The van der Waals surface area contributed by atoms with Gasteiger partial charge in [-0.15, -0.1) is 0 Å². The number of hydrogen-bond acceptors (Lipinski definition) is 4. The quantitative estimate of drug-likeness (QED) is 0.870. The van der Waals surface area contributed by atoms with E-state index in [-0.39, 0.29) is 0 Å². The molecular weight excluding hydrogens is 230 g/mol. The van der Waals surface area contributed by atoms with Crippen LogP contribution < -0.4 is 19.5 Å². The monoisotopic (exact) mass is 251 g/mol. The van der Waals surface area contributed by atoms with E-state index in [1.54, 1.807) is 14.2 Å². The van der Waals surface area contributed by atoms with Gasteiger partial charge in [-0.2, -0.15) is 0 Å². The molecule has 0 radical (unpaired) electrons. The van der Waals surface area contributed by atoms with Gasteiger partial charge >= 0.3 is 0 Å². The number of benzene rings is 1. The zero-order valence-electron chi connectivity index (χ0n) is 11.3. The van der Waals surface area contributed by atoms with Crippen molar-refractivity contribution in [3.63, 3.8) is 0 Å². The standard InChI is InChI=1S/C14H21NO3/c1-4-18-14-7-11(10-5-6-15-9-10)12(16-2)8-13(14)17-3/h7-8,10,15H,4-6,9H2,1-3H3. The molecule has 0 bridgehead atoms. The molecule has 1 heterocycles. The molecule has 0 amide bonds. The van der Waals surface area contributed by atoms with E-state index in [0.717, 1.165) is 36.8 Å². The van der Waals surface area contributed by atoms with Crippen LogP contribution in [0.15, 0.2) is 12.1 Å². The van der Waals surface area contributed by atoms with Crippen LogP contribution in [0.5, 0.6) is 17.2 Å². The highest BCUT2D eigenvalue weighted by Gasteiger charge is 2.22. The summed E-state index contributed by atoms with van der Waals surface area (Å²) in [5.74, 6) is 2.89. The molecular formula is C14H21NO3. The third-order valence-corrected chi connectivity index (χ3v) is 3.32. The van der Waals surface area contributed by atoms with Crippen molar-refractivity contribution in [2.75, 3.05) is 33.9 Å². The summed E-state index contributed by atoms with van der Waals surface area (Å²) in [5, 5.41) is 3.37. The molecule has 100 valence electrons. The highest BCUT2D eigenvalue weighted by atomic mass is 16.5. The van der Waals surface area contributed by atoms with Gasteiger partial charge in [-0.05, 0) is 26.0 Å². The van der Waals surface area contributed by atoms with Crippen molar-refractivity contribution in [2.24, 2.45) is 0 Å². The van der Waals surface area contributed by atoms with Gasteiger partial charge < -0.3 is 19.5 Å². The average molecular weight is 251 g/mol. The van der Waals surface area contributed by atoms with E-state index in [1.165, 1.54) is 5.56 Å². The number of ether oxygens (including phenoxy) is 3. The van der Waals surface area contributed by atoms with Crippen LogP contribution in [0.1, 0.15) is 24.8 Å². The summed E-state index contributed by atoms with van der Waals surface area (Å²) in [4.78, 5) is 0. The molecule has 1 unspecified atom stereocenters. The molecule has 0 saturated carbocycles. The molecule has 0 aromatic heterocycles. The minimum absolute atomic E-state index is 0.491. The maximum Gasteiger partial charge on any atom is 0.164 e. The van der Waals surface area contributed by atoms with Gasteiger partial charge in [0.25, 0.3) is 0 Å². The molecule has 1 aliphatic rings. The third kappa shape index (κ3) is 2.53. The van der Waals surface area contributed by atoms with Crippen LogP contribution in [0, 0.1) is 0 Å². The summed E-state index contributed by atoms with van der Waals surface area (Å²) in [6.45, 7) is 4.66. The summed E-state index contributed by atoms with van der Waals surface area (Å²) in [5.41, 5.74) is 1.20.